The van der Waals surface area contributed by atoms with Crippen LogP contribution in [-0.2, 0) is 24.1 Å². The number of halogens is 2. The van der Waals surface area contributed by atoms with Crippen LogP contribution in [0.2, 0.25) is 10.0 Å². The number of thiophene rings is 1. The zero-order valence-electron chi connectivity index (χ0n) is 17.3. The van der Waals surface area contributed by atoms with Crippen LogP contribution in [0.25, 0.3) is 0 Å². The lowest BCUT2D eigenvalue weighted by molar-refractivity contribution is 0.0526. The number of rotatable bonds is 6. The number of nitrogens with zero attached hydrogens (tertiary/aromatic N) is 3. The molecule has 0 unspecified atom stereocenters. The number of anilines is 2. The van der Waals surface area contributed by atoms with E-state index in [0.717, 1.165) is 36.8 Å². The van der Waals surface area contributed by atoms with Crippen LogP contribution in [0, 0.1) is 0 Å². The summed E-state index contributed by atoms with van der Waals surface area (Å²) in [6.45, 7) is 2.49. The summed E-state index contributed by atoms with van der Waals surface area (Å²) >= 11 is 19.5. The Bertz CT molecular complexity index is 1140. The van der Waals surface area contributed by atoms with Crippen LogP contribution >= 0.6 is 46.8 Å². The van der Waals surface area contributed by atoms with Crippen molar-refractivity contribution in [3.8, 4) is 0 Å². The molecule has 2 N–H and O–H groups in total. The van der Waals surface area contributed by atoms with Crippen molar-refractivity contribution in [3.63, 3.8) is 0 Å². The number of carbonyl (C=O) groups is 1. The smallest absolute Gasteiger partial charge is 0.341 e. The third-order valence-electron chi connectivity index (χ3n) is 5.02. The van der Waals surface area contributed by atoms with Crippen LogP contribution in [0.1, 0.15) is 46.1 Å². The van der Waals surface area contributed by atoms with Gasteiger partial charge in [-0.05, 0) is 62.5 Å². The SMILES string of the molecule is CCOC(=O)c1c(NC(=S)Nc2ncn(Cc3c(Cl)cccc3Cl)n2)sc2c1CCCC2. The lowest BCUT2D eigenvalue weighted by Gasteiger charge is -2.12. The molecule has 0 aliphatic heterocycles. The molecule has 0 radical (unpaired) electrons. The molecule has 3 aromatic rings. The number of benzene rings is 1. The van der Waals surface area contributed by atoms with E-state index in [-0.39, 0.29) is 5.97 Å². The summed E-state index contributed by atoms with van der Waals surface area (Å²) < 4.78 is 6.90. The summed E-state index contributed by atoms with van der Waals surface area (Å²) in [5, 5.41) is 12.6. The largest absolute Gasteiger partial charge is 0.462 e. The minimum absolute atomic E-state index is 0.294. The average molecular weight is 510 g/mol. The Balaban J connectivity index is 1.47. The van der Waals surface area contributed by atoms with Crippen molar-refractivity contribution in [1.29, 1.82) is 0 Å². The lowest BCUT2D eigenvalue weighted by atomic mass is 9.95. The van der Waals surface area contributed by atoms with Gasteiger partial charge in [-0.3, -0.25) is 5.32 Å². The molecule has 0 atom stereocenters. The van der Waals surface area contributed by atoms with Crippen LogP contribution in [0.4, 0.5) is 10.9 Å². The Morgan fingerprint density at radius 2 is 2.00 bits per heavy atom. The molecule has 0 bridgehead atoms. The number of ether oxygens (including phenoxy) is 1. The van der Waals surface area contributed by atoms with Gasteiger partial charge in [-0.1, -0.05) is 29.3 Å². The fraction of sp³-hybridized carbons (Fsp3) is 0.333. The van der Waals surface area contributed by atoms with Crippen molar-refractivity contribution in [2.45, 2.75) is 39.2 Å². The van der Waals surface area contributed by atoms with E-state index in [0.29, 0.717) is 44.8 Å². The third kappa shape index (κ3) is 5.06. The first-order valence-electron chi connectivity index (χ1n) is 10.2. The molecule has 1 aliphatic rings. The average Bonchev–Trinajstić information content (AvgIpc) is 3.34. The first-order chi connectivity index (χ1) is 15.5. The molecular weight excluding hydrogens is 489 g/mol. The number of nitrogens with one attached hydrogen (secondary N) is 2. The number of fused-ring (bicyclic) bond motifs is 1. The lowest BCUT2D eigenvalue weighted by Crippen LogP contribution is -2.21. The van der Waals surface area contributed by atoms with E-state index >= 15 is 0 Å². The molecule has 168 valence electrons. The Kier molecular flexibility index (Phi) is 7.30. The number of aromatic nitrogens is 3. The second-order valence-electron chi connectivity index (χ2n) is 7.18. The molecule has 2 heterocycles. The number of esters is 1. The van der Waals surface area contributed by atoms with Crippen LogP contribution in [0.5, 0.6) is 0 Å². The topological polar surface area (TPSA) is 81.1 Å². The predicted molar refractivity (Wildman–Crippen MR) is 132 cm³/mol. The molecule has 1 aliphatic carbocycles. The van der Waals surface area contributed by atoms with E-state index in [4.69, 9.17) is 40.2 Å². The molecule has 4 rings (SSSR count). The van der Waals surface area contributed by atoms with Crippen LogP contribution < -0.4 is 10.6 Å². The minimum atomic E-state index is -0.323. The Morgan fingerprint density at radius 1 is 1.25 bits per heavy atom. The molecule has 1 aromatic carbocycles. The van der Waals surface area contributed by atoms with E-state index in [1.807, 2.05) is 0 Å². The quantitative estimate of drug-likeness (QED) is 0.332. The van der Waals surface area contributed by atoms with Crippen molar-refractivity contribution in [1.82, 2.24) is 14.8 Å². The number of hydrogen-bond acceptors (Lipinski definition) is 6. The summed E-state index contributed by atoms with van der Waals surface area (Å²) in [6.07, 6.45) is 5.59. The van der Waals surface area contributed by atoms with Crippen molar-refractivity contribution >= 4 is 68.8 Å². The molecule has 2 aromatic heterocycles. The van der Waals surface area contributed by atoms with Gasteiger partial charge in [0.1, 0.15) is 11.3 Å². The normalized spacial score (nSPS) is 12.8. The summed E-state index contributed by atoms with van der Waals surface area (Å²) in [5.41, 5.74) is 2.42. The van der Waals surface area contributed by atoms with Gasteiger partial charge in [0.15, 0.2) is 5.11 Å². The summed E-state index contributed by atoms with van der Waals surface area (Å²) in [7, 11) is 0. The van der Waals surface area contributed by atoms with Crippen LogP contribution in [-0.4, -0.2) is 32.5 Å². The van der Waals surface area contributed by atoms with Gasteiger partial charge in [0, 0.05) is 20.5 Å². The Morgan fingerprint density at radius 3 is 2.75 bits per heavy atom. The summed E-state index contributed by atoms with van der Waals surface area (Å²) in [5.74, 6) is 0.000835. The van der Waals surface area contributed by atoms with Crippen LogP contribution in [0.3, 0.4) is 0 Å². The van der Waals surface area contributed by atoms with E-state index in [9.17, 15) is 4.79 Å². The fourth-order valence-electron chi connectivity index (χ4n) is 3.58. The van der Waals surface area contributed by atoms with Gasteiger partial charge in [0.25, 0.3) is 0 Å². The number of carbonyl (C=O) groups excluding carboxylic acids is 1. The van der Waals surface area contributed by atoms with Gasteiger partial charge in [-0.2, -0.15) is 0 Å². The van der Waals surface area contributed by atoms with Gasteiger partial charge in [-0.25, -0.2) is 14.5 Å². The zero-order valence-corrected chi connectivity index (χ0v) is 20.4. The molecule has 0 amide bonds. The van der Waals surface area contributed by atoms with Crippen molar-refractivity contribution in [2.75, 3.05) is 17.2 Å². The van der Waals surface area contributed by atoms with E-state index in [2.05, 4.69) is 20.7 Å². The molecule has 0 spiro atoms. The van der Waals surface area contributed by atoms with Crippen molar-refractivity contribution < 1.29 is 9.53 Å². The third-order valence-corrected chi connectivity index (χ3v) is 7.14. The number of thiocarbonyl (C=S) groups is 1. The van der Waals surface area contributed by atoms with Crippen molar-refractivity contribution in [2.24, 2.45) is 0 Å². The van der Waals surface area contributed by atoms with E-state index in [1.54, 1.807) is 47.5 Å². The molecule has 32 heavy (non-hydrogen) atoms. The molecule has 0 fully saturated rings. The van der Waals surface area contributed by atoms with Gasteiger partial charge in [0.05, 0.1) is 18.7 Å². The highest BCUT2D eigenvalue weighted by Crippen LogP contribution is 2.38. The monoisotopic (exact) mass is 509 g/mol. The maximum Gasteiger partial charge on any atom is 0.341 e. The van der Waals surface area contributed by atoms with Gasteiger partial charge >= 0.3 is 5.97 Å². The second kappa shape index (κ2) is 10.2. The standard InChI is InChI=1S/C21H21Cl2N5O2S2/c1-2-30-19(29)17-12-6-3-4-9-16(12)32-18(17)25-21(31)26-20-24-11-28(27-20)10-13-14(22)7-5-8-15(13)23/h5,7-8,11H,2-4,6,9-10H2,1H3,(H2,25,26,27,31). The van der Waals surface area contributed by atoms with Gasteiger partial charge in [-0.15, -0.1) is 16.4 Å². The molecule has 0 saturated heterocycles. The first kappa shape index (κ1) is 23.0. The fourth-order valence-corrected chi connectivity index (χ4v) is 5.64. The van der Waals surface area contributed by atoms with Crippen LogP contribution in [0.15, 0.2) is 24.5 Å². The van der Waals surface area contributed by atoms with E-state index in [1.165, 1.54) is 4.88 Å². The molecular formula is C21H21Cl2N5O2S2. The highest BCUT2D eigenvalue weighted by atomic mass is 35.5. The number of hydrogen-bond donors (Lipinski definition) is 2. The highest BCUT2D eigenvalue weighted by molar-refractivity contribution is 7.80. The highest BCUT2D eigenvalue weighted by Gasteiger charge is 2.27. The van der Waals surface area contributed by atoms with Gasteiger partial charge in [0.2, 0.25) is 5.95 Å². The molecule has 11 heteroatoms. The maximum absolute atomic E-state index is 12.6. The molecule has 7 nitrogen and oxygen atoms in total. The second-order valence-corrected chi connectivity index (χ2v) is 9.51. The van der Waals surface area contributed by atoms with Crippen molar-refractivity contribution in [3.05, 3.63) is 56.1 Å². The predicted octanol–water partition coefficient (Wildman–Crippen LogP) is 5.56. The Hall–Kier alpha value is -2.20. The van der Waals surface area contributed by atoms with Gasteiger partial charge < -0.3 is 10.1 Å². The summed E-state index contributed by atoms with van der Waals surface area (Å²) in [6, 6.07) is 5.35. The summed E-state index contributed by atoms with van der Waals surface area (Å²) in [4.78, 5) is 18.1. The maximum atomic E-state index is 12.6. The Labute approximate surface area is 205 Å². The molecule has 0 saturated carbocycles. The first-order valence-corrected chi connectivity index (χ1v) is 12.2. The van der Waals surface area contributed by atoms with E-state index < -0.39 is 0 Å². The zero-order chi connectivity index (χ0) is 22.7. The minimum Gasteiger partial charge on any atom is -0.462 e. The number of aryl methyl sites for hydroxylation is 1.